The maximum atomic E-state index is 9.96. The first-order valence-corrected chi connectivity index (χ1v) is 9.51. The zero-order chi connectivity index (χ0) is 17.9. The quantitative estimate of drug-likeness (QED) is 0.731. The van der Waals surface area contributed by atoms with Crippen molar-refractivity contribution in [3.05, 3.63) is 41.5 Å². The fourth-order valence-electron chi connectivity index (χ4n) is 2.91. The van der Waals surface area contributed by atoms with E-state index in [4.69, 9.17) is 4.84 Å². The van der Waals surface area contributed by atoms with Gasteiger partial charge in [-0.05, 0) is 42.9 Å². The number of rotatable bonds is 7. The number of aliphatic hydroxyl groups is 1. The number of allylic oxidation sites excluding steroid dienone is 1. The molecule has 0 radical (unpaired) electrons. The molecule has 1 aromatic carbocycles. The molecule has 0 aliphatic heterocycles. The molecule has 0 spiro atoms. The van der Waals surface area contributed by atoms with E-state index in [-0.39, 0.29) is 6.61 Å². The van der Waals surface area contributed by atoms with Gasteiger partial charge in [0.1, 0.15) is 12.7 Å². The fourth-order valence-corrected chi connectivity index (χ4v) is 2.91. The first kappa shape index (κ1) is 19.7. The molecule has 2 rings (SSSR count). The van der Waals surface area contributed by atoms with Crippen molar-refractivity contribution in [1.82, 2.24) is 5.32 Å². The third kappa shape index (κ3) is 7.84. The number of hydrogen-bond donors (Lipinski definition) is 2. The molecule has 1 aliphatic carbocycles. The molecule has 0 saturated heterocycles. The van der Waals surface area contributed by atoms with Crippen molar-refractivity contribution in [2.24, 2.45) is 5.16 Å². The molecule has 0 heterocycles. The van der Waals surface area contributed by atoms with Crippen molar-refractivity contribution in [2.75, 3.05) is 13.2 Å². The summed E-state index contributed by atoms with van der Waals surface area (Å²) >= 11 is 0. The summed E-state index contributed by atoms with van der Waals surface area (Å²) in [5, 5.41) is 17.6. The SMILES string of the molecule is CC(C)NCC(O)CO/N=C1\CCCCCC\C1=C\c1ccccc1. The van der Waals surface area contributed by atoms with Gasteiger partial charge in [-0.2, -0.15) is 0 Å². The molecular formula is C21H32N2O2. The summed E-state index contributed by atoms with van der Waals surface area (Å²) in [4.78, 5) is 5.49. The molecule has 0 bridgehead atoms. The van der Waals surface area contributed by atoms with Crippen LogP contribution in [0.2, 0.25) is 0 Å². The van der Waals surface area contributed by atoms with Crippen molar-refractivity contribution in [2.45, 2.75) is 64.5 Å². The molecule has 4 nitrogen and oxygen atoms in total. The zero-order valence-corrected chi connectivity index (χ0v) is 15.6. The summed E-state index contributed by atoms with van der Waals surface area (Å²) in [5.74, 6) is 0. The Bertz CT molecular complexity index is 552. The Kier molecular flexibility index (Phi) is 8.70. The second kappa shape index (κ2) is 11.1. The van der Waals surface area contributed by atoms with E-state index in [9.17, 15) is 5.11 Å². The molecule has 1 aromatic rings. The second-order valence-corrected chi connectivity index (χ2v) is 7.04. The van der Waals surface area contributed by atoms with Crippen LogP contribution in [0, 0.1) is 0 Å². The van der Waals surface area contributed by atoms with E-state index in [0.29, 0.717) is 12.6 Å². The molecule has 1 fully saturated rings. The lowest BCUT2D eigenvalue weighted by Gasteiger charge is -2.16. The molecule has 2 N–H and O–H groups in total. The van der Waals surface area contributed by atoms with E-state index in [1.54, 1.807) is 0 Å². The average Bonchev–Trinajstić information content (AvgIpc) is 2.59. The average molecular weight is 344 g/mol. The van der Waals surface area contributed by atoms with Crippen LogP contribution in [0.25, 0.3) is 6.08 Å². The Morgan fingerprint density at radius 2 is 1.84 bits per heavy atom. The molecule has 1 atom stereocenters. The molecule has 0 amide bonds. The molecule has 1 saturated carbocycles. The van der Waals surface area contributed by atoms with Crippen molar-refractivity contribution < 1.29 is 9.94 Å². The largest absolute Gasteiger partial charge is 0.393 e. The van der Waals surface area contributed by atoms with Gasteiger partial charge in [0.25, 0.3) is 0 Å². The molecule has 4 heteroatoms. The monoisotopic (exact) mass is 344 g/mol. The normalized spacial score (nSPS) is 20.5. The topological polar surface area (TPSA) is 53.8 Å². The summed E-state index contributed by atoms with van der Waals surface area (Å²) in [6.45, 7) is 4.86. The minimum atomic E-state index is -0.540. The summed E-state index contributed by atoms with van der Waals surface area (Å²) in [5.41, 5.74) is 3.50. The van der Waals surface area contributed by atoms with E-state index >= 15 is 0 Å². The molecule has 0 aromatic heterocycles. The van der Waals surface area contributed by atoms with Crippen LogP contribution in [0.5, 0.6) is 0 Å². The minimum absolute atomic E-state index is 0.224. The van der Waals surface area contributed by atoms with Gasteiger partial charge in [0.15, 0.2) is 0 Å². The van der Waals surface area contributed by atoms with E-state index in [1.165, 1.54) is 30.4 Å². The van der Waals surface area contributed by atoms with Crippen LogP contribution in [0.4, 0.5) is 0 Å². The highest BCUT2D eigenvalue weighted by molar-refractivity contribution is 6.03. The van der Waals surface area contributed by atoms with Crippen LogP contribution in [0.15, 0.2) is 41.1 Å². The molecule has 1 unspecified atom stereocenters. The molecule has 1 aliphatic rings. The highest BCUT2D eigenvalue weighted by Gasteiger charge is 2.13. The Morgan fingerprint density at radius 3 is 2.56 bits per heavy atom. The summed E-state index contributed by atoms with van der Waals surface area (Å²) in [7, 11) is 0. The number of nitrogens with one attached hydrogen (secondary N) is 1. The molecular weight excluding hydrogens is 312 g/mol. The van der Waals surface area contributed by atoms with Crippen molar-refractivity contribution in [1.29, 1.82) is 0 Å². The number of hydrogen-bond acceptors (Lipinski definition) is 4. The van der Waals surface area contributed by atoms with Crippen LogP contribution >= 0.6 is 0 Å². The predicted molar refractivity (Wildman–Crippen MR) is 105 cm³/mol. The van der Waals surface area contributed by atoms with Gasteiger partial charge in [-0.3, -0.25) is 0 Å². The van der Waals surface area contributed by atoms with Gasteiger partial charge >= 0.3 is 0 Å². The Labute approximate surface area is 152 Å². The third-order valence-electron chi connectivity index (χ3n) is 4.32. The van der Waals surface area contributed by atoms with Crippen LogP contribution in [0.3, 0.4) is 0 Å². The van der Waals surface area contributed by atoms with E-state index < -0.39 is 6.10 Å². The van der Waals surface area contributed by atoms with Gasteiger partial charge in [0, 0.05) is 12.6 Å². The predicted octanol–water partition coefficient (Wildman–Crippen LogP) is 4.16. The molecule has 138 valence electrons. The number of nitrogens with zero attached hydrogens (tertiary/aromatic N) is 1. The minimum Gasteiger partial charge on any atom is -0.393 e. The van der Waals surface area contributed by atoms with Gasteiger partial charge in [0.2, 0.25) is 0 Å². The smallest absolute Gasteiger partial charge is 0.144 e. The Morgan fingerprint density at radius 1 is 1.12 bits per heavy atom. The maximum Gasteiger partial charge on any atom is 0.144 e. The van der Waals surface area contributed by atoms with Crippen LogP contribution in [-0.4, -0.2) is 36.1 Å². The van der Waals surface area contributed by atoms with E-state index in [1.807, 2.05) is 6.07 Å². The first-order chi connectivity index (χ1) is 12.1. The standard InChI is InChI=1S/C21H32N2O2/c1-17(2)22-15-20(24)16-25-23-21-13-9-4-3-8-12-19(21)14-18-10-6-5-7-11-18/h5-7,10-11,14,17,20,22,24H,3-4,8-9,12-13,15-16H2,1-2H3/b19-14-,23-21+. The van der Waals surface area contributed by atoms with Gasteiger partial charge in [-0.25, -0.2) is 0 Å². The van der Waals surface area contributed by atoms with Crippen molar-refractivity contribution in [3.8, 4) is 0 Å². The second-order valence-electron chi connectivity index (χ2n) is 7.04. The van der Waals surface area contributed by atoms with Gasteiger partial charge < -0.3 is 15.3 Å². The Balaban J connectivity index is 2.00. The highest BCUT2D eigenvalue weighted by atomic mass is 16.6. The third-order valence-corrected chi connectivity index (χ3v) is 4.32. The maximum absolute atomic E-state index is 9.96. The van der Waals surface area contributed by atoms with Gasteiger partial charge in [0.05, 0.1) is 5.71 Å². The molecule has 25 heavy (non-hydrogen) atoms. The fraction of sp³-hybridized carbons (Fsp3) is 0.571. The van der Waals surface area contributed by atoms with Crippen LogP contribution < -0.4 is 5.32 Å². The lowest BCUT2D eigenvalue weighted by molar-refractivity contribution is 0.0392. The van der Waals surface area contributed by atoms with Crippen LogP contribution in [0.1, 0.15) is 57.9 Å². The summed E-state index contributed by atoms with van der Waals surface area (Å²) in [6, 6.07) is 10.7. The zero-order valence-electron chi connectivity index (χ0n) is 15.6. The number of benzene rings is 1. The van der Waals surface area contributed by atoms with Crippen LogP contribution in [-0.2, 0) is 4.84 Å². The van der Waals surface area contributed by atoms with Gasteiger partial charge in [-0.15, -0.1) is 0 Å². The Hall–Kier alpha value is -1.65. The lowest BCUT2D eigenvalue weighted by Crippen LogP contribution is -2.34. The van der Waals surface area contributed by atoms with Gasteiger partial charge in [-0.1, -0.05) is 62.2 Å². The van der Waals surface area contributed by atoms with E-state index in [0.717, 1.165) is 25.0 Å². The van der Waals surface area contributed by atoms with Crippen molar-refractivity contribution >= 4 is 11.8 Å². The summed E-state index contributed by atoms with van der Waals surface area (Å²) < 4.78 is 0. The first-order valence-electron chi connectivity index (χ1n) is 9.51. The number of oxime groups is 1. The summed E-state index contributed by atoms with van der Waals surface area (Å²) in [6.07, 6.45) is 8.53. The number of aliphatic hydroxyl groups excluding tert-OH is 1. The highest BCUT2D eigenvalue weighted by Crippen LogP contribution is 2.22. The lowest BCUT2D eigenvalue weighted by atomic mass is 9.93. The van der Waals surface area contributed by atoms with E-state index in [2.05, 4.69) is 54.7 Å². The van der Waals surface area contributed by atoms with Crippen molar-refractivity contribution in [3.63, 3.8) is 0 Å².